The van der Waals surface area contributed by atoms with E-state index in [-0.39, 0.29) is 10.8 Å². The summed E-state index contributed by atoms with van der Waals surface area (Å²) in [5, 5.41) is 0. The van der Waals surface area contributed by atoms with Gasteiger partial charge in [0.25, 0.3) is 0 Å². The van der Waals surface area contributed by atoms with E-state index < -0.39 is 0 Å². The Bertz CT molecular complexity index is 267. The van der Waals surface area contributed by atoms with Crippen LogP contribution in [0.5, 0.6) is 0 Å². The summed E-state index contributed by atoms with van der Waals surface area (Å²) in [6.45, 7) is 10.6. The van der Waals surface area contributed by atoms with E-state index in [0.29, 0.717) is 12.5 Å². The molecule has 3 heteroatoms. The van der Waals surface area contributed by atoms with Gasteiger partial charge in [-0.1, -0.05) is 33.6 Å². The maximum atomic E-state index is 12.6. The monoisotopic (exact) mass is 240 g/mol. The number of nitrogens with two attached hydrogens (primary N) is 1. The summed E-state index contributed by atoms with van der Waals surface area (Å²) >= 11 is 0. The molecule has 0 heterocycles. The van der Waals surface area contributed by atoms with Crippen LogP contribution in [0.4, 0.5) is 0 Å². The lowest BCUT2D eigenvalue weighted by Gasteiger charge is -2.36. The highest BCUT2D eigenvalue weighted by atomic mass is 16.2. The van der Waals surface area contributed by atoms with E-state index in [4.69, 9.17) is 5.73 Å². The van der Waals surface area contributed by atoms with Gasteiger partial charge in [-0.25, -0.2) is 0 Å². The van der Waals surface area contributed by atoms with Gasteiger partial charge in [-0.2, -0.15) is 0 Å². The highest BCUT2D eigenvalue weighted by Gasteiger charge is 2.39. The van der Waals surface area contributed by atoms with Gasteiger partial charge in [-0.05, 0) is 31.7 Å². The van der Waals surface area contributed by atoms with Gasteiger partial charge in [0.05, 0.1) is 0 Å². The van der Waals surface area contributed by atoms with Gasteiger partial charge < -0.3 is 10.6 Å². The molecule has 1 aliphatic rings. The lowest BCUT2D eigenvalue weighted by Crippen LogP contribution is -2.47. The highest BCUT2D eigenvalue weighted by molar-refractivity contribution is 5.82. The molecule has 0 spiro atoms. The van der Waals surface area contributed by atoms with Crippen LogP contribution in [0.2, 0.25) is 0 Å². The van der Waals surface area contributed by atoms with Crippen LogP contribution in [0, 0.1) is 10.8 Å². The first-order chi connectivity index (χ1) is 7.84. The third-order valence-corrected chi connectivity index (χ3v) is 4.06. The van der Waals surface area contributed by atoms with Crippen molar-refractivity contribution in [1.82, 2.24) is 4.90 Å². The molecular formula is C14H28N2O. The highest BCUT2D eigenvalue weighted by Crippen LogP contribution is 2.39. The summed E-state index contributed by atoms with van der Waals surface area (Å²) in [4.78, 5) is 14.6. The Labute approximate surface area is 106 Å². The Kier molecular flexibility index (Phi) is 4.59. The van der Waals surface area contributed by atoms with E-state index >= 15 is 0 Å². The first kappa shape index (κ1) is 14.5. The molecule has 1 amide bonds. The van der Waals surface area contributed by atoms with Gasteiger partial charge in [0, 0.05) is 18.5 Å². The molecule has 17 heavy (non-hydrogen) atoms. The summed E-state index contributed by atoms with van der Waals surface area (Å²) in [6.07, 6.45) is 4.48. The lowest BCUT2D eigenvalue weighted by molar-refractivity contribution is -0.142. The molecule has 2 N–H and O–H groups in total. The SMILES string of the molecule is CCN(CC(C)(C)CN)C(=O)C1(C)CCCC1. The van der Waals surface area contributed by atoms with E-state index in [1.807, 2.05) is 4.90 Å². The second-order valence-electron chi connectivity index (χ2n) is 6.46. The zero-order valence-corrected chi connectivity index (χ0v) is 11.9. The molecule has 1 saturated carbocycles. The van der Waals surface area contributed by atoms with E-state index in [1.54, 1.807) is 0 Å². The first-order valence-corrected chi connectivity index (χ1v) is 6.84. The van der Waals surface area contributed by atoms with Crippen molar-refractivity contribution in [1.29, 1.82) is 0 Å². The minimum absolute atomic E-state index is 0.0145. The number of carbonyl (C=O) groups is 1. The average Bonchev–Trinajstić information content (AvgIpc) is 2.73. The largest absolute Gasteiger partial charge is 0.342 e. The number of nitrogens with zero attached hydrogens (tertiary/aromatic N) is 1. The number of rotatable bonds is 5. The fourth-order valence-corrected chi connectivity index (χ4v) is 2.66. The van der Waals surface area contributed by atoms with E-state index in [0.717, 1.165) is 25.9 Å². The molecule has 0 bridgehead atoms. The molecule has 0 aromatic rings. The van der Waals surface area contributed by atoms with Crippen LogP contribution < -0.4 is 5.73 Å². The Hall–Kier alpha value is -0.570. The molecule has 100 valence electrons. The van der Waals surface area contributed by atoms with Crippen molar-refractivity contribution in [3.63, 3.8) is 0 Å². The zero-order chi connectivity index (χ0) is 13.1. The van der Waals surface area contributed by atoms with E-state index in [1.165, 1.54) is 12.8 Å². The molecule has 0 saturated heterocycles. The summed E-state index contributed by atoms with van der Waals surface area (Å²) in [5.74, 6) is 0.332. The van der Waals surface area contributed by atoms with Crippen LogP contribution in [-0.4, -0.2) is 30.4 Å². The molecule has 0 atom stereocenters. The van der Waals surface area contributed by atoms with Crippen molar-refractivity contribution in [3.8, 4) is 0 Å². The third-order valence-electron chi connectivity index (χ3n) is 4.06. The van der Waals surface area contributed by atoms with Crippen molar-refractivity contribution in [2.24, 2.45) is 16.6 Å². The summed E-state index contributed by atoms with van der Waals surface area (Å²) < 4.78 is 0. The molecule has 3 nitrogen and oxygen atoms in total. The molecule has 1 aliphatic carbocycles. The van der Waals surface area contributed by atoms with Crippen molar-refractivity contribution in [2.45, 2.75) is 53.4 Å². The molecule has 0 aromatic heterocycles. The smallest absolute Gasteiger partial charge is 0.228 e. The van der Waals surface area contributed by atoms with E-state index in [2.05, 4.69) is 27.7 Å². The Morgan fingerprint density at radius 3 is 2.29 bits per heavy atom. The van der Waals surface area contributed by atoms with Crippen molar-refractivity contribution < 1.29 is 4.79 Å². The van der Waals surface area contributed by atoms with Crippen LogP contribution in [0.3, 0.4) is 0 Å². The van der Waals surface area contributed by atoms with Crippen molar-refractivity contribution in [3.05, 3.63) is 0 Å². The number of amides is 1. The second kappa shape index (κ2) is 5.38. The van der Waals surface area contributed by atoms with Gasteiger partial charge >= 0.3 is 0 Å². The van der Waals surface area contributed by atoms with Gasteiger partial charge in [-0.3, -0.25) is 4.79 Å². The normalized spacial score (nSPS) is 19.4. The van der Waals surface area contributed by atoms with Gasteiger partial charge in [0.1, 0.15) is 0 Å². The predicted molar refractivity (Wildman–Crippen MR) is 71.7 cm³/mol. The van der Waals surface area contributed by atoms with Gasteiger partial charge in [0.2, 0.25) is 5.91 Å². The second-order valence-corrected chi connectivity index (χ2v) is 6.46. The average molecular weight is 240 g/mol. The van der Waals surface area contributed by atoms with Gasteiger partial charge in [0.15, 0.2) is 0 Å². The van der Waals surface area contributed by atoms with Gasteiger partial charge in [-0.15, -0.1) is 0 Å². The van der Waals surface area contributed by atoms with Crippen LogP contribution in [0.15, 0.2) is 0 Å². The number of hydrogen-bond acceptors (Lipinski definition) is 2. The molecule has 0 aliphatic heterocycles. The molecule has 0 unspecified atom stereocenters. The quantitative estimate of drug-likeness (QED) is 0.802. The molecular weight excluding hydrogens is 212 g/mol. The van der Waals surface area contributed by atoms with Crippen molar-refractivity contribution in [2.75, 3.05) is 19.6 Å². The summed E-state index contributed by atoms with van der Waals surface area (Å²) in [5.41, 5.74) is 5.66. The van der Waals surface area contributed by atoms with Crippen LogP contribution >= 0.6 is 0 Å². The first-order valence-electron chi connectivity index (χ1n) is 6.84. The standard InChI is InChI=1S/C14H28N2O/c1-5-16(11-13(2,3)10-15)12(17)14(4)8-6-7-9-14/h5-11,15H2,1-4H3. The Balaban J connectivity index is 2.70. The zero-order valence-electron chi connectivity index (χ0n) is 11.9. The van der Waals surface area contributed by atoms with Crippen molar-refractivity contribution >= 4 is 5.91 Å². The maximum absolute atomic E-state index is 12.6. The van der Waals surface area contributed by atoms with E-state index in [9.17, 15) is 4.79 Å². The summed E-state index contributed by atoms with van der Waals surface area (Å²) in [7, 11) is 0. The van der Waals surface area contributed by atoms with Crippen LogP contribution in [-0.2, 0) is 4.79 Å². The fraction of sp³-hybridized carbons (Fsp3) is 0.929. The lowest BCUT2D eigenvalue weighted by atomic mass is 9.85. The maximum Gasteiger partial charge on any atom is 0.228 e. The Morgan fingerprint density at radius 2 is 1.88 bits per heavy atom. The summed E-state index contributed by atoms with van der Waals surface area (Å²) in [6, 6.07) is 0. The molecule has 1 fully saturated rings. The minimum atomic E-state index is -0.110. The fourth-order valence-electron chi connectivity index (χ4n) is 2.66. The molecule has 0 radical (unpaired) electrons. The van der Waals surface area contributed by atoms with Crippen LogP contribution in [0.1, 0.15) is 53.4 Å². The molecule has 0 aromatic carbocycles. The Morgan fingerprint density at radius 1 is 1.35 bits per heavy atom. The predicted octanol–water partition coefficient (Wildman–Crippen LogP) is 2.40. The number of hydrogen-bond donors (Lipinski definition) is 1. The third kappa shape index (κ3) is 3.44. The van der Waals surface area contributed by atoms with Crippen LogP contribution in [0.25, 0.3) is 0 Å². The number of carbonyl (C=O) groups excluding carboxylic acids is 1. The minimum Gasteiger partial charge on any atom is -0.342 e. The topological polar surface area (TPSA) is 46.3 Å². The molecule has 1 rings (SSSR count).